The fourth-order valence-corrected chi connectivity index (χ4v) is 2.93. The third-order valence-electron chi connectivity index (χ3n) is 4.42. The van der Waals surface area contributed by atoms with E-state index < -0.39 is 0 Å². The number of hydrogen-bond donors (Lipinski definition) is 0. The molecule has 1 fully saturated rings. The monoisotopic (exact) mass is 255 g/mol. The molecule has 1 unspecified atom stereocenters. The number of rotatable bonds is 4. The molecule has 3 heteroatoms. The normalized spacial score (nSPS) is 26.0. The topological polar surface area (TPSA) is 9.72 Å². The maximum absolute atomic E-state index is 2.68. The molecule has 0 aliphatic carbocycles. The first-order chi connectivity index (χ1) is 8.62. The quantitative estimate of drug-likeness (QED) is 0.761. The minimum Gasteiger partial charge on any atom is -0.301 e. The molecular weight excluding hydrogens is 222 g/mol. The maximum atomic E-state index is 2.68. The van der Waals surface area contributed by atoms with Crippen molar-refractivity contribution >= 4 is 0 Å². The fourth-order valence-electron chi connectivity index (χ4n) is 2.93. The van der Waals surface area contributed by atoms with E-state index in [1.165, 1.54) is 52.4 Å². The van der Waals surface area contributed by atoms with Crippen molar-refractivity contribution in [3.63, 3.8) is 0 Å². The van der Waals surface area contributed by atoms with E-state index in [1.807, 2.05) is 0 Å². The average Bonchev–Trinajstić information content (AvgIpc) is 2.46. The van der Waals surface area contributed by atoms with Gasteiger partial charge >= 0.3 is 0 Å². The molecule has 0 saturated carbocycles. The van der Waals surface area contributed by atoms with Gasteiger partial charge in [-0.15, -0.1) is 0 Å². The Morgan fingerprint density at radius 1 is 0.833 bits per heavy atom. The minimum atomic E-state index is 0.715. The molecule has 1 rings (SSSR count). The molecule has 0 aromatic rings. The van der Waals surface area contributed by atoms with E-state index in [1.54, 1.807) is 0 Å². The molecule has 3 nitrogen and oxygen atoms in total. The molecule has 0 aromatic carbocycles. The number of hydrogen-bond acceptors (Lipinski definition) is 3. The average molecular weight is 255 g/mol. The van der Waals surface area contributed by atoms with Crippen molar-refractivity contribution in [1.82, 2.24) is 14.7 Å². The van der Waals surface area contributed by atoms with Crippen molar-refractivity contribution in [3.05, 3.63) is 0 Å². The van der Waals surface area contributed by atoms with Crippen LogP contribution < -0.4 is 0 Å². The van der Waals surface area contributed by atoms with Crippen LogP contribution in [0.15, 0.2) is 0 Å². The molecule has 0 aromatic heterocycles. The second kappa shape index (κ2) is 8.13. The summed E-state index contributed by atoms with van der Waals surface area (Å²) < 4.78 is 0. The molecule has 0 amide bonds. The Labute approximate surface area is 114 Å². The van der Waals surface area contributed by atoms with Crippen LogP contribution in [0.25, 0.3) is 0 Å². The van der Waals surface area contributed by atoms with Gasteiger partial charge in [0.15, 0.2) is 0 Å². The molecule has 1 heterocycles. The van der Waals surface area contributed by atoms with Crippen LogP contribution in [0, 0.1) is 5.92 Å². The van der Waals surface area contributed by atoms with Gasteiger partial charge in [0.2, 0.25) is 0 Å². The van der Waals surface area contributed by atoms with Gasteiger partial charge in [-0.1, -0.05) is 34.6 Å². The van der Waals surface area contributed by atoms with E-state index in [2.05, 4.69) is 49.3 Å². The second-order valence-corrected chi connectivity index (χ2v) is 5.77. The summed E-state index contributed by atoms with van der Waals surface area (Å²) in [6.07, 6.45) is 0. The number of likely N-dealkylation sites (N-methyl/N-ethyl adjacent to an activating group) is 3. The van der Waals surface area contributed by atoms with E-state index in [-0.39, 0.29) is 0 Å². The Morgan fingerprint density at radius 3 is 1.89 bits per heavy atom. The van der Waals surface area contributed by atoms with Crippen molar-refractivity contribution in [2.45, 2.75) is 40.7 Å². The number of nitrogens with zero attached hydrogens (tertiary/aromatic N) is 3. The van der Waals surface area contributed by atoms with Crippen molar-refractivity contribution in [1.29, 1.82) is 0 Å². The Bertz CT molecular complexity index is 218. The molecule has 0 N–H and O–H groups in total. The smallest absolute Gasteiger partial charge is 0.0246 e. The zero-order chi connectivity index (χ0) is 13.5. The summed E-state index contributed by atoms with van der Waals surface area (Å²) in [5.74, 6) is 0.743. The van der Waals surface area contributed by atoms with E-state index in [9.17, 15) is 0 Å². The van der Waals surface area contributed by atoms with Gasteiger partial charge < -0.3 is 9.80 Å². The van der Waals surface area contributed by atoms with Crippen molar-refractivity contribution in [3.8, 4) is 0 Å². The minimum absolute atomic E-state index is 0.715. The molecule has 1 saturated heterocycles. The first-order valence-corrected chi connectivity index (χ1v) is 7.81. The molecular formula is C15H33N3. The second-order valence-electron chi connectivity index (χ2n) is 5.77. The first-order valence-electron chi connectivity index (χ1n) is 7.81. The van der Waals surface area contributed by atoms with Crippen LogP contribution in [0.5, 0.6) is 0 Å². The molecule has 18 heavy (non-hydrogen) atoms. The van der Waals surface area contributed by atoms with Gasteiger partial charge in [0.1, 0.15) is 0 Å². The van der Waals surface area contributed by atoms with Crippen molar-refractivity contribution in [2.24, 2.45) is 5.92 Å². The van der Waals surface area contributed by atoms with Crippen molar-refractivity contribution < 1.29 is 0 Å². The summed E-state index contributed by atoms with van der Waals surface area (Å²) in [5, 5.41) is 0. The summed E-state index contributed by atoms with van der Waals surface area (Å²) in [7, 11) is 0. The lowest BCUT2D eigenvalue weighted by Crippen LogP contribution is -2.47. The van der Waals surface area contributed by atoms with Gasteiger partial charge in [-0.05, 0) is 25.6 Å². The Balaban J connectivity index is 2.76. The van der Waals surface area contributed by atoms with Crippen LogP contribution in [0.1, 0.15) is 34.6 Å². The lowest BCUT2D eigenvalue weighted by atomic mass is 10.0. The highest BCUT2D eigenvalue weighted by Gasteiger charge is 2.24. The van der Waals surface area contributed by atoms with Crippen LogP contribution in [0.2, 0.25) is 0 Å². The molecule has 0 bridgehead atoms. The van der Waals surface area contributed by atoms with Gasteiger partial charge in [0.25, 0.3) is 0 Å². The van der Waals surface area contributed by atoms with E-state index in [0.29, 0.717) is 6.04 Å². The fraction of sp³-hybridized carbons (Fsp3) is 1.00. The summed E-state index contributed by atoms with van der Waals surface area (Å²) in [5.41, 5.74) is 0. The predicted octanol–water partition coefficient (Wildman–Crippen LogP) is 1.99. The van der Waals surface area contributed by atoms with Gasteiger partial charge in [-0.25, -0.2) is 0 Å². The highest BCUT2D eigenvalue weighted by Crippen LogP contribution is 2.14. The Hall–Kier alpha value is -0.120. The summed E-state index contributed by atoms with van der Waals surface area (Å²) in [6.45, 7) is 21.3. The first kappa shape index (κ1) is 15.9. The molecule has 1 aliphatic rings. The summed E-state index contributed by atoms with van der Waals surface area (Å²) in [4.78, 5) is 7.90. The SMILES string of the molecule is CCN1CCN(CC)CC(C(C)C)N(CC)CC1. The highest BCUT2D eigenvalue weighted by atomic mass is 15.3. The molecule has 1 aliphatic heterocycles. The molecule has 108 valence electrons. The van der Waals surface area contributed by atoms with Crippen LogP contribution in [-0.2, 0) is 0 Å². The van der Waals surface area contributed by atoms with E-state index in [4.69, 9.17) is 0 Å². The lowest BCUT2D eigenvalue weighted by Gasteiger charge is -2.36. The van der Waals surface area contributed by atoms with E-state index >= 15 is 0 Å². The van der Waals surface area contributed by atoms with Gasteiger partial charge in [-0.3, -0.25) is 4.90 Å². The Kier molecular flexibility index (Phi) is 7.20. The van der Waals surface area contributed by atoms with Crippen LogP contribution >= 0.6 is 0 Å². The molecule has 0 radical (unpaired) electrons. The third-order valence-corrected chi connectivity index (χ3v) is 4.42. The standard InChI is InChI=1S/C15H33N3/c1-6-16-9-10-17(7-2)13-15(14(4)5)18(8-3)12-11-16/h14-15H,6-13H2,1-5H3. The van der Waals surface area contributed by atoms with Gasteiger partial charge in [-0.2, -0.15) is 0 Å². The largest absolute Gasteiger partial charge is 0.301 e. The van der Waals surface area contributed by atoms with Crippen LogP contribution in [-0.4, -0.2) is 73.1 Å². The Morgan fingerprint density at radius 2 is 1.39 bits per heavy atom. The summed E-state index contributed by atoms with van der Waals surface area (Å²) in [6, 6.07) is 0.715. The maximum Gasteiger partial charge on any atom is 0.0246 e. The van der Waals surface area contributed by atoms with Crippen molar-refractivity contribution in [2.75, 3.05) is 52.4 Å². The zero-order valence-corrected chi connectivity index (χ0v) is 13.2. The molecule has 1 atom stereocenters. The predicted molar refractivity (Wildman–Crippen MR) is 80.1 cm³/mol. The van der Waals surface area contributed by atoms with Gasteiger partial charge in [0.05, 0.1) is 0 Å². The highest BCUT2D eigenvalue weighted by molar-refractivity contribution is 4.81. The van der Waals surface area contributed by atoms with E-state index in [0.717, 1.165) is 5.92 Å². The molecule has 0 spiro atoms. The van der Waals surface area contributed by atoms with Crippen LogP contribution in [0.4, 0.5) is 0 Å². The zero-order valence-electron chi connectivity index (χ0n) is 13.2. The van der Waals surface area contributed by atoms with Crippen LogP contribution in [0.3, 0.4) is 0 Å². The summed E-state index contributed by atoms with van der Waals surface area (Å²) >= 11 is 0. The third kappa shape index (κ3) is 4.52. The van der Waals surface area contributed by atoms with Gasteiger partial charge in [0, 0.05) is 38.8 Å². The lowest BCUT2D eigenvalue weighted by molar-refractivity contribution is 0.121.